The Balaban J connectivity index is 2.06. The number of carbonyl (C=O) groups excluding carboxylic acids is 2. The van der Waals surface area contributed by atoms with Crippen molar-refractivity contribution in [2.45, 2.75) is 30.3 Å². The van der Waals surface area contributed by atoms with Crippen LogP contribution < -0.4 is 0 Å². The smallest absolute Gasteiger partial charge is 0.416 e. The average Bonchev–Trinajstić information content (AvgIpc) is 3.19. The van der Waals surface area contributed by atoms with Crippen LogP contribution in [0, 0.1) is 0 Å². The van der Waals surface area contributed by atoms with Crippen LogP contribution in [-0.2, 0) is 40.9 Å². The predicted octanol–water partition coefficient (Wildman–Crippen LogP) is 4.60. The minimum Gasteiger partial charge on any atom is -0.466 e. The largest absolute Gasteiger partial charge is 0.466 e. The Morgan fingerprint density at radius 1 is 0.758 bits per heavy atom. The van der Waals surface area contributed by atoms with E-state index in [1.165, 1.54) is 0 Å². The summed E-state index contributed by atoms with van der Waals surface area (Å²) in [6.07, 6.45) is -12.4. The lowest BCUT2D eigenvalue weighted by Crippen LogP contribution is -2.52. The third-order valence-corrected chi connectivity index (χ3v) is 4.95. The van der Waals surface area contributed by atoms with Gasteiger partial charge in [-0.3, -0.25) is 0 Å². The van der Waals surface area contributed by atoms with Crippen LogP contribution in [0.4, 0.5) is 26.3 Å². The first-order valence-electron chi connectivity index (χ1n) is 9.19. The van der Waals surface area contributed by atoms with Gasteiger partial charge in [-0.2, -0.15) is 26.3 Å². The van der Waals surface area contributed by atoms with Crippen LogP contribution in [0.1, 0.15) is 34.6 Å². The Kier molecular flexibility index (Phi) is 6.44. The monoisotopic (exact) mass is 478 g/mol. The van der Waals surface area contributed by atoms with Gasteiger partial charge in [0, 0.05) is 5.56 Å². The first-order valence-corrected chi connectivity index (χ1v) is 9.19. The summed E-state index contributed by atoms with van der Waals surface area (Å²) in [6.45, 7) is 0. The summed E-state index contributed by atoms with van der Waals surface area (Å²) in [5, 5.41) is 0. The van der Waals surface area contributed by atoms with Gasteiger partial charge in [0.05, 0.1) is 25.3 Å². The van der Waals surface area contributed by atoms with E-state index in [4.69, 9.17) is 9.47 Å². The van der Waals surface area contributed by atoms with E-state index >= 15 is 0 Å². The standard InChI is InChI=1S/C21H16F6O6/c1-30-17(28)19(18(29)31-2)15(11-3-7-13(8-4-11)20(22,23)24)32-16(33-19)12-5-9-14(10-6-12)21(25,26)27/h3-10,15-16H,1-2H3/t15-,16-/m1/s1. The molecule has 0 radical (unpaired) electrons. The van der Waals surface area contributed by atoms with Crippen molar-refractivity contribution in [3.63, 3.8) is 0 Å². The molecule has 2 aromatic rings. The van der Waals surface area contributed by atoms with Gasteiger partial charge in [0.15, 0.2) is 6.29 Å². The van der Waals surface area contributed by atoms with Crippen molar-refractivity contribution in [3.8, 4) is 0 Å². The molecule has 1 aliphatic rings. The number of methoxy groups -OCH3 is 2. The lowest BCUT2D eigenvalue weighted by molar-refractivity contribution is -0.188. The fourth-order valence-corrected chi connectivity index (χ4v) is 3.31. The van der Waals surface area contributed by atoms with Crippen LogP contribution in [0.5, 0.6) is 0 Å². The molecule has 1 heterocycles. The highest BCUT2D eigenvalue weighted by atomic mass is 19.4. The van der Waals surface area contributed by atoms with Crippen molar-refractivity contribution in [2.75, 3.05) is 14.2 Å². The molecule has 12 heteroatoms. The van der Waals surface area contributed by atoms with E-state index in [0.717, 1.165) is 50.6 Å². The maximum Gasteiger partial charge on any atom is 0.416 e. The SMILES string of the molecule is COC(=O)C1(C(=O)OC)O[C@H](c2ccc(C(F)(F)F)cc2)O[C@@H]1c1ccc(C(F)(F)F)cc1. The predicted molar refractivity (Wildman–Crippen MR) is 97.3 cm³/mol. The first kappa shape index (κ1) is 24.5. The maximum atomic E-state index is 12.9. The number of benzene rings is 2. The van der Waals surface area contributed by atoms with Gasteiger partial charge in [-0.25, -0.2) is 9.59 Å². The Labute approximate surface area is 183 Å². The van der Waals surface area contributed by atoms with Gasteiger partial charge in [0.2, 0.25) is 0 Å². The first-order chi connectivity index (χ1) is 15.3. The number of alkyl halides is 6. The third-order valence-electron chi connectivity index (χ3n) is 4.95. The summed E-state index contributed by atoms with van der Waals surface area (Å²) < 4.78 is 97.9. The number of hydrogen-bond donors (Lipinski definition) is 0. The van der Waals surface area contributed by atoms with Crippen LogP contribution in [0.3, 0.4) is 0 Å². The maximum absolute atomic E-state index is 12.9. The summed E-state index contributed by atoms with van der Waals surface area (Å²) in [5.74, 6) is -2.54. The molecule has 6 nitrogen and oxygen atoms in total. The highest BCUT2D eigenvalue weighted by molar-refractivity contribution is 6.05. The molecule has 0 bridgehead atoms. The molecule has 0 unspecified atom stereocenters. The molecule has 0 N–H and O–H groups in total. The highest BCUT2D eigenvalue weighted by Crippen LogP contribution is 2.49. The Morgan fingerprint density at radius 2 is 1.15 bits per heavy atom. The number of esters is 2. The molecule has 0 amide bonds. The lowest BCUT2D eigenvalue weighted by atomic mass is 9.90. The van der Waals surface area contributed by atoms with Crippen LogP contribution in [0.2, 0.25) is 0 Å². The molecule has 178 valence electrons. The molecule has 1 aliphatic heterocycles. The average molecular weight is 478 g/mol. The Hall–Kier alpha value is -3.12. The molecule has 0 spiro atoms. The van der Waals surface area contributed by atoms with Crippen molar-refractivity contribution in [2.24, 2.45) is 0 Å². The fourth-order valence-electron chi connectivity index (χ4n) is 3.31. The van der Waals surface area contributed by atoms with E-state index in [0.29, 0.717) is 12.1 Å². The van der Waals surface area contributed by atoms with E-state index in [-0.39, 0.29) is 11.1 Å². The quantitative estimate of drug-likeness (QED) is 0.364. The van der Waals surface area contributed by atoms with E-state index < -0.39 is 53.4 Å². The summed E-state index contributed by atoms with van der Waals surface area (Å²) in [4.78, 5) is 25.3. The second-order valence-electron chi connectivity index (χ2n) is 6.92. The zero-order valence-corrected chi connectivity index (χ0v) is 17.0. The number of halogens is 6. The topological polar surface area (TPSA) is 71.1 Å². The van der Waals surface area contributed by atoms with Crippen LogP contribution in [-0.4, -0.2) is 31.8 Å². The van der Waals surface area contributed by atoms with Gasteiger partial charge in [0.1, 0.15) is 6.10 Å². The molecular weight excluding hydrogens is 462 g/mol. The van der Waals surface area contributed by atoms with Crippen LogP contribution >= 0.6 is 0 Å². The summed E-state index contributed by atoms with van der Waals surface area (Å²) >= 11 is 0. The highest BCUT2D eigenvalue weighted by Gasteiger charge is 2.64. The van der Waals surface area contributed by atoms with Crippen LogP contribution in [0.25, 0.3) is 0 Å². The van der Waals surface area contributed by atoms with Gasteiger partial charge < -0.3 is 18.9 Å². The van der Waals surface area contributed by atoms with Crippen LogP contribution in [0.15, 0.2) is 48.5 Å². The van der Waals surface area contributed by atoms with E-state index in [1.54, 1.807) is 0 Å². The Morgan fingerprint density at radius 3 is 1.52 bits per heavy atom. The number of ether oxygens (including phenoxy) is 4. The zero-order chi connectivity index (χ0) is 24.6. The summed E-state index contributed by atoms with van der Waals surface area (Å²) in [7, 11) is 1.87. The van der Waals surface area contributed by atoms with Gasteiger partial charge in [-0.05, 0) is 29.8 Å². The second kappa shape index (κ2) is 8.67. The molecule has 0 aliphatic carbocycles. The van der Waals surface area contributed by atoms with Crippen molar-refractivity contribution in [1.29, 1.82) is 0 Å². The number of rotatable bonds is 4. The second-order valence-corrected chi connectivity index (χ2v) is 6.92. The molecule has 1 saturated heterocycles. The van der Waals surface area contributed by atoms with E-state index in [2.05, 4.69) is 9.47 Å². The van der Waals surface area contributed by atoms with Crippen molar-refractivity contribution >= 4 is 11.9 Å². The van der Waals surface area contributed by atoms with E-state index in [9.17, 15) is 35.9 Å². The molecule has 3 rings (SSSR count). The molecule has 2 aromatic carbocycles. The van der Waals surface area contributed by atoms with E-state index in [1.807, 2.05) is 0 Å². The third kappa shape index (κ3) is 4.53. The molecule has 33 heavy (non-hydrogen) atoms. The summed E-state index contributed by atoms with van der Waals surface area (Å²) in [6, 6.07) is 6.90. The van der Waals surface area contributed by atoms with Gasteiger partial charge in [0.25, 0.3) is 5.60 Å². The molecular formula is C21H16F6O6. The zero-order valence-electron chi connectivity index (χ0n) is 17.0. The molecule has 0 saturated carbocycles. The van der Waals surface area contributed by atoms with Crippen molar-refractivity contribution in [1.82, 2.24) is 0 Å². The number of hydrogen-bond acceptors (Lipinski definition) is 6. The molecule has 1 fully saturated rings. The minimum absolute atomic E-state index is 0.00888. The van der Waals surface area contributed by atoms with Crippen molar-refractivity contribution < 1.29 is 54.9 Å². The van der Waals surface area contributed by atoms with Gasteiger partial charge in [-0.1, -0.05) is 24.3 Å². The molecule has 2 atom stereocenters. The molecule has 0 aromatic heterocycles. The van der Waals surface area contributed by atoms with Crippen molar-refractivity contribution in [3.05, 3.63) is 70.8 Å². The minimum atomic E-state index is -4.64. The summed E-state index contributed by atoms with van der Waals surface area (Å²) in [5.41, 5.74) is -4.60. The Bertz CT molecular complexity index is 998. The van der Waals surface area contributed by atoms with Gasteiger partial charge in [-0.15, -0.1) is 0 Å². The van der Waals surface area contributed by atoms with Gasteiger partial charge >= 0.3 is 24.3 Å². The lowest BCUT2D eigenvalue weighted by Gasteiger charge is -2.27. The fraction of sp³-hybridized carbons (Fsp3) is 0.333. The normalized spacial score (nSPS) is 20.4. The number of carbonyl (C=O) groups is 2.